The standard InChI is InChI=1S/C14H10O4.C4H8O2/c15-13(11-7-3-1-4-8-11)17-18-14(16)12-9-5-2-6-10-12;1-3(2)4(5)6/h1-10H;3H,1-2H3,(H,5,6). The second kappa shape index (κ2) is 9.78. The SMILES string of the molecule is CC(C)C(=O)O.O=C(OOC(=O)c1ccccc1)c1ccccc1. The first-order valence-corrected chi connectivity index (χ1v) is 7.18. The number of aliphatic carboxylic acids is 1. The van der Waals surface area contributed by atoms with Crippen molar-refractivity contribution in [3.05, 3.63) is 71.8 Å². The number of hydrogen-bond acceptors (Lipinski definition) is 5. The van der Waals surface area contributed by atoms with Gasteiger partial charge >= 0.3 is 17.9 Å². The molecule has 0 heterocycles. The van der Waals surface area contributed by atoms with Crippen molar-refractivity contribution in [2.45, 2.75) is 13.8 Å². The molecule has 0 bridgehead atoms. The van der Waals surface area contributed by atoms with Crippen molar-refractivity contribution in [1.29, 1.82) is 0 Å². The summed E-state index contributed by atoms with van der Waals surface area (Å²) < 4.78 is 0. The van der Waals surface area contributed by atoms with Gasteiger partial charge in [0.2, 0.25) is 0 Å². The van der Waals surface area contributed by atoms with Crippen molar-refractivity contribution < 1.29 is 29.3 Å². The lowest BCUT2D eigenvalue weighted by Gasteiger charge is -2.02. The Hall–Kier alpha value is -3.15. The third kappa shape index (κ3) is 6.74. The fraction of sp³-hybridized carbons (Fsp3) is 0.167. The molecule has 0 aliphatic heterocycles. The van der Waals surface area contributed by atoms with E-state index >= 15 is 0 Å². The Morgan fingerprint density at radius 1 is 0.750 bits per heavy atom. The normalized spacial score (nSPS) is 9.46. The molecule has 0 amide bonds. The zero-order valence-corrected chi connectivity index (χ0v) is 13.3. The molecule has 0 radical (unpaired) electrons. The third-order valence-electron chi connectivity index (χ3n) is 2.71. The molecule has 6 nitrogen and oxygen atoms in total. The highest BCUT2D eigenvalue weighted by Gasteiger charge is 2.12. The van der Waals surface area contributed by atoms with E-state index in [0.717, 1.165) is 0 Å². The van der Waals surface area contributed by atoms with Crippen molar-refractivity contribution in [3.63, 3.8) is 0 Å². The topological polar surface area (TPSA) is 89.9 Å². The fourth-order valence-corrected chi connectivity index (χ4v) is 1.32. The van der Waals surface area contributed by atoms with Gasteiger partial charge in [0.05, 0.1) is 17.0 Å². The van der Waals surface area contributed by atoms with Gasteiger partial charge in [-0.2, -0.15) is 0 Å². The van der Waals surface area contributed by atoms with E-state index in [1.165, 1.54) is 0 Å². The van der Waals surface area contributed by atoms with E-state index in [2.05, 4.69) is 9.78 Å². The van der Waals surface area contributed by atoms with Gasteiger partial charge in [-0.25, -0.2) is 19.4 Å². The van der Waals surface area contributed by atoms with Gasteiger partial charge < -0.3 is 5.11 Å². The van der Waals surface area contributed by atoms with Crippen LogP contribution in [-0.4, -0.2) is 23.0 Å². The van der Waals surface area contributed by atoms with Gasteiger partial charge in [0.1, 0.15) is 0 Å². The van der Waals surface area contributed by atoms with Gasteiger partial charge in [0, 0.05) is 0 Å². The highest BCUT2D eigenvalue weighted by molar-refractivity contribution is 5.92. The van der Waals surface area contributed by atoms with E-state index in [-0.39, 0.29) is 5.92 Å². The molecule has 24 heavy (non-hydrogen) atoms. The molecule has 126 valence electrons. The third-order valence-corrected chi connectivity index (χ3v) is 2.71. The van der Waals surface area contributed by atoms with Gasteiger partial charge in [-0.15, -0.1) is 0 Å². The largest absolute Gasteiger partial charge is 0.481 e. The number of rotatable bonds is 3. The van der Waals surface area contributed by atoms with E-state index in [0.29, 0.717) is 11.1 Å². The summed E-state index contributed by atoms with van der Waals surface area (Å²) >= 11 is 0. The van der Waals surface area contributed by atoms with Gasteiger partial charge in [-0.3, -0.25) is 4.79 Å². The number of carboxylic acids is 1. The molecule has 0 spiro atoms. The summed E-state index contributed by atoms with van der Waals surface area (Å²) in [5.74, 6) is -2.39. The van der Waals surface area contributed by atoms with Crippen LogP contribution in [0.2, 0.25) is 0 Å². The molecule has 2 aromatic carbocycles. The fourth-order valence-electron chi connectivity index (χ4n) is 1.32. The van der Waals surface area contributed by atoms with Gasteiger partial charge in [-0.05, 0) is 24.3 Å². The molecular weight excluding hydrogens is 312 g/mol. The second-order valence-electron chi connectivity index (χ2n) is 4.97. The zero-order valence-electron chi connectivity index (χ0n) is 13.3. The molecule has 0 aliphatic rings. The predicted molar refractivity (Wildman–Crippen MR) is 86.2 cm³/mol. The van der Waals surface area contributed by atoms with E-state index < -0.39 is 17.9 Å². The maximum atomic E-state index is 11.5. The Labute approximate surface area is 139 Å². The van der Waals surface area contributed by atoms with Crippen LogP contribution >= 0.6 is 0 Å². The monoisotopic (exact) mass is 330 g/mol. The van der Waals surface area contributed by atoms with Gasteiger partial charge in [0.15, 0.2) is 0 Å². The van der Waals surface area contributed by atoms with Crippen LogP contribution in [-0.2, 0) is 14.6 Å². The van der Waals surface area contributed by atoms with Crippen molar-refractivity contribution in [2.24, 2.45) is 5.92 Å². The zero-order chi connectivity index (χ0) is 17.9. The highest BCUT2D eigenvalue weighted by atomic mass is 17.2. The minimum atomic E-state index is -0.741. The molecule has 0 saturated carbocycles. The van der Waals surface area contributed by atoms with E-state index in [1.807, 2.05) is 0 Å². The Balaban J connectivity index is 0.000000413. The Morgan fingerprint density at radius 3 is 1.29 bits per heavy atom. The molecule has 0 fully saturated rings. The van der Waals surface area contributed by atoms with Gasteiger partial charge in [0.25, 0.3) is 0 Å². The summed E-state index contributed by atoms with van der Waals surface area (Å²) in [5.41, 5.74) is 0.636. The van der Waals surface area contributed by atoms with Crippen LogP contribution in [0.1, 0.15) is 34.6 Å². The molecule has 2 aromatic rings. The van der Waals surface area contributed by atoms with Crippen LogP contribution < -0.4 is 0 Å². The molecule has 2 rings (SSSR count). The lowest BCUT2D eigenvalue weighted by atomic mass is 10.2. The molecule has 0 atom stereocenters. The van der Waals surface area contributed by atoms with Crippen LogP contribution in [0.5, 0.6) is 0 Å². The van der Waals surface area contributed by atoms with Crippen LogP contribution in [0.3, 0.4) is 0 Å². The quantitative estimate of drug-likeness (QED) is 0.685. The number of hydrogen-bond donors (Lipinski definition) is 1. The van der Waals surface area contributed by atoms with Crippen molar-refractivity contribution >= 4 is 17.9 Å². The molecule has 0 aromatic heterocycles. The minimum absolute atomic E-state index is 0.231. The number of carbonyl (C=O) groups excluding carboxylic acids is 2. The summed E-state index contributed by atoms with van der Waals surface area (Å²) in [4.78, 5) is 41.6. The van der Waals surface area contributed by atoms with Crippen LogP contribution in [0.25, 0.3) is 0 Å². The van der Waals surface area contributed by atoms with Crippen molar-refractivity contribution in [3.8, 4) is 0 Å². The molecule has 0 saturated heterocycles. The number of benzene rings is 2. The Kier molecular flexibility index (Phi) is 7.70. The lowest BCUT2D eigenvalue weighted by Crippen LogP contribution is -2.11. The molecule has 6 heteroatoms. The summed E-state index contributed by atoms with van der Waals surface area (Å²) in [6.45, 7) is 3.28. The van der Waals surface area contributed by atoms with E-state index in [1.54, 1.807) is 74.5 Å². The van der Waals surface area contributed by atoms with Gasteiger partial charge in [-0.1, -0.05) is 50.2 Å². The van der Waals surface area contributed by atoms with E-state index in [9.17, 15) is 14.4 Å². The maximum Gasteiger partial charge on any atom is 0.386 e. The van der Waals surface area contributed by atoms with Crippen molar-refractivity contribution in [1.82, 2.24) is 0 Å². The first-order valence-electron chi connectivity index (χ1n) is 7.18. The molecule has 0 unspecified atom stereocenters. The minimum Gasteiger partial charge on any atom is -0.481 e. The first kappa shape index (κ1) is 18.9. The van der Waals surface area contributed by atoms with Crippen LogP contribution in [0.4, 0.5) is 0 Å². The predicted octanol–water partition coefficient (Wildman–Crippen LogP) is 3.34. The Morgan fingerprint density at radius 2 is 1.04 bits per heavy atom. The summed E-state index contributed by atoms with van der Waals surface area (Å²) in [5, 5.41) is 7.99. The average molecular weight is 330 g/mol. The lowest BCUT2D eigenvalue weighted by molar-refractivity contribution is -0.187. The molecular formula is C18H18O6. The van der Waals surface area contributed by atoms with Crippen LogP contribution in [0, 0.1) is 5.92 Å². The number of carbonyl (C=O) groups is 3. The summed E-state index contributed by atoms with van der Waals surface area (Å²) in [6.07, 6.45) is 0. The first-order chi connectivity index (χ1) is 11.4. The summed E-state index contributed by atoms with van der Waals surface area (Å²) in [6, 6.07) is 16.6. The second-order valence-corrected chi connectivity index (χ2v) is 4.97. The average Bonchev–Trinajstić information content (AvgIpc) is 2.61. The number of carboxylic acid groups (broad SMARTS) is 1. The Bertz CT molecular complexity index is 613. The highest BCUT2D eigenvalue weighted by Crippen LogP contribution is 2.05. The molecule has 1 N–H and O–H groups in total. The van der Waals surface area contributed by atoms with Crippen molar-refractivity contribution in [2.75, 3.05) is 0 Å². The van der Waals surface area contributed by atoms with E-state index in [4.69, 9.17) is 5.11 Å². The smallest absolute Gasteiger partial charge is 0.386 e. The summed E-state index contributed by atoms with van der Waals surface area (Å²) in [7, 11) is 0. The van der Waals surface area contributed by atoms with Crippen LogP contribution in [0.15, 0.2) is 60.7 Å². The molecule has 0 aliphatic carbocycles. The maximum absolute atomic E-state index is 11.5.